The molecule has 24 heavy (non-hydrogen) atoms. The summed E-state index contributed by atoms with van der Waals surface area (Å²) in [6.45, 7) is 7.12. The second-order valence-electron chi connectivity index (χ2n) is 7.07. The molecule has 0 N–H and O–H groups in total. The number of Topliss-reactive ketones (excluding diaryl/α,β-unsaturated/α-hetero) is 1. The molecule has 0 aliphatic carbocycles. The molecule has 0 saturated carbocycles. The number of pyridine rings is 1. The zero-order chi connectivity index (χ0) is 16.5. The maximum atomic E-state index is 11.4. The molecule has 2 aliphatic rings. The van der Waals surface area contributed by atoms with Gasteiger partial charge in [-0.2, -0.15) is 0 Å². The Morgan fingerprint density at radius 1 is 1.04 bits per heavy atom. The average Bonchev–Trinajstić information content (AvgIpc) is 3.14. The highest BCUT2D eigenvalue weighted by atomic mass is 16.1. The van der Waals surface area contributed by atoms with Crippen molar-refractivity contribution in [2.24, 2.45) is 11.8 Å². The second-order valence-corrected chi connectivity index (χ2v) is 7.07. The number of hydrogen-bond donors (Lipinski definition) is 0. The number of ketones is 1. The van der Waals surface area contributed by atoms with Crippen LogP contribution in [-0.2, 0) is 6.54 Å². The Kier molecular flexibility index (Phi) is 4.07. The number of anilines is 1. The third kappa shape index (κ3) is 3.06. The predicted molar refractivity (Wildman–Crippen MR) is 95.2 cm³/mol. The second kappa shape index (κ2) is 6.36. The quantitative estimate of drug-likeness (QED) is 0.812. The molecule has 1 aromatic heterocycles. The molecule has 2 aliphatic heterocycles. The highest BCUT2D eigenvalue weighted by molar-refractivity contribution is 5.93. The Morgan fingerprint density at radius 3 is 2.33 bits per heavy atom. The average molecular weight is 321 g/mol. The fourth-order valence-electron chi connectivity index (χ4n) is 4.03. The smallest absolute Gasteiger partial charge is 0.161 e. The minimum Gasteiger partial charge on any atom is -0.356 e. The van der Waals surface area contributed by atoms with Crippen molar-refractivity contribution < 1.29 is 4.79 Å². The van der Waals surface area contributed by atoms with Gasteiger partial charge in [-0.15, -0.1) is 0 Å². The summed E-state index contributed by atoms with van der Waals surface area (Å²) >= 11 is 0. The van der Waals surface area contributed by atoms with Crippen LogP contribution in [0.4, 0.5) is 5.82 Å². The lowest BCUT2D eigenvalue weighted by Crippen LogP contribution is -2.29. The van der Waals surface area contributed by atoms with E-state index in [9.17, 15) is 4.79 Å². The van der Waals surface area contributed by atoms with E-state index in [1.54, 1.807) is 13.1 Å². The lowest BCUT2D eigenvalue weighted by molar-refractivity contribution is 0.101. The fraction of sp³-hybridized carbons (Fsp3) is 0.400. The number of likely N-dealkylation sites (tertiary alicyclic amines) is 1. The van der Waals surface area contributed by atoms with E-state index in [0.29, 0.717) is 5.56 Å². The number of hydrogen-bond acceptors (Lipinski definition) is 4. The summed E-state index contributed by atoms with van der Waals surface area (Å²) in [5, 5.41) is 0. The van der Waals surface area contributed by atoms with Crippen molar-refractivity contribution in [3.05, 3.63) is 59.8 Å². The van der Waals surface area contributed by atoms with Crippen LogP contribution in [0.3, 0.4) is 0 Å². The molecule has 2 atom stereocenters. The van der Waals surface area contributed by atoms with Gasteiger partial charge in [0.2, 0.25) is 0 Å². The summed E-state index contributed by atoms with van der Waals surface area (Å²) in [6.07, 6.45) is 1.70. The summed E-state index contributed by atoms with van der Waals surface area (Å²) in [6, 6.07) is 14.6. The number of carbonyl (C=O) groups is 1. The van der Waals surface area contributed by atoms with Crippen LogP contribution >= 0.6 is 0 Å². The van der Waals surface area contributed by atoms with Gasteiger partial charge in [0.1, 0.15) is 5.82 Å². The van der Waals surface area contributed by atoms with Gasteiger partial charge in [0.05, 0.1) is 0 Å². The number of nitrogens with zero attached hydrogens (tertiary/aromatic N) is 3. The van der Waals surface area contributed by atoms with Crippen LogP contribution in [-0.4, -0.2) is 41.8 Å². The molecule has 2 saturated heterocycles. The van der Waals surface area contributed by atoms with Gasteiger partial charge in [-0.25, -0.2) is 4.98 Å². The number of carbonyl (C=O) groups excluding carboxylic acids is 1. The van der Waals surface area contributed by atoms with Gasteiger partial charge in [-0.3, -0.25) is 9.69 Å². The van der Waals surface area contributed by atoms with Gasteiger partial charge < -0.3 is 4.90 Å². The molecular weight excluding hydrogens is 298 g/mol. The van der Waals surface area contributed by atoms with E-state index in [1.165, 1.54) is 18.7 Å². The summed E-state index contributed by atoms with van der Waals surface area (Å²) in [7, 11) is 0. The largest absolute Gasteiger partial charge is 0.356 e. The maximum absolute atomic E-state index is 11.4. The van der Waals surface area contributed by atoms with Crippen LogP contribution in [0.25, 0.3) is 0 Å². The first-order valence-electron chi connectivity index (χ1n) is 8.67. The van der Waals surface area contributed by atoms with Gasteiger partial charge >= 0.3 is 0 Å². The summed E-state index contributed by atoms with van der Waals surface area (Å²) in [4.78, 5) is 20.8. The summed E-state index contributed by atoms with van der Waals surface area (Å²) in [5.41, 5.74) is 2.09. The van der Waals surface area contributed by atoms with Gasteiger partial charge in [0.25, 0.3) is 0 Å². The molecule has 4 nitrogen and oxygen atoms in total. The lowest BCUT2D eigenvalue weighted by atomic mass is 10.0. The van der Waals surface area contributed by atoms with Gasteiger partial charge in [-0.05, 0) is 36.5 Å². The van der Waals surface area contributed by atoms with Crippen molar-refractivity contribution in [3.63, 3.8) is 0 Å². The minimum atomic E-state index is 0.0731. The first-order valence-corrected chi connectivity index (χ1v) is 8.67. The van der Waals surface area contributed by atoms with E-state index in [-0.39, 0.29) is 5.78 Å². The van der Waals surface area contributed by atoms with E-state index in [2.05, 4.69) is 45.1 Å². The van der Waals surface area contributed by atoms with Crippen molar-refractivity contribution in [2.45, 2.75) is 13.5 Å². The molecule has 124 valence electrons. The molecule has 0 bridgehead atoms. The monoisotopic (exact) mass is 321 g/mol. The third-order valence-corrected chi connectivity index (χ3v) is 5.29. The van der Waals surface area contributed by atoms with Crippen LogP contribution in [0.5, 0.6) is 0 Å². The summed E-state index contributed by atoms with van der Waals surface area (Å²) in [5.74, 6) is 2.53. The third-order valence-electron chi connectivity index (χ3n) is 5.29. The van der Waals surface area contributed by atoms with Gasteiger partial charge in [0, 0.05) is 44.5 Å². The van der Waals surface area contributed by atoms with Crippen LogP contribution in [0, 0.1) is 11.8 Å². The Hall–Kier alpha value is -2.20. The predicted octanol–water partition coefficient (Wildman–Crippen LogP) is 2.85. The molecule has 0 radical (unpaired) electrons. The minimum absolute atomic E-state index is 0.0731. The zero-order valence-electron chi connectivity index (χ0n) is 14.1. The highest BCUT2D eigenvalue weighted by Crippen LogP contribution is 2.33. The molecule has 4 rings (SSSR count). The van der Waals surface area contributed by atoms with Crippen LogP contribution < -0.4 is 4.90 Å². The van der Waals surface area contributed by atoms with E-state index < -0.39 is 0 Å². The van der Waals surface area contributed by atoms with Crippen molar-refractivity contribution >= 4 is 11.6 Å². The number of benzene rings is 1. The maximum Gasteiger partial charge on any atom is 0.161 e. The van der Waals surface area contributed by atoms with E-state index in [1.807, 2.05) is 12.1 Å². The molecule has 2 fully saturated rings. The molecule has 4 heteroatoms. The number of aromatic nitrogens is 1. The van der Waals surface area contributed by atoms with Crippen LogP contribution in [0.15, 0.2) is 48.7 Å². The number of fused-ring (bicyclic) bond motifs is 1. The van der Waals surface area contributed by atoms with Gasteiger partial charge in [0.15, 0.2) is 5.78 Å². The van der Waals surface area contributed by atoms with Crippen molar-refractivity contribution in [3.8, 4) is 0 Å². The fourth-order valence-corrected chi connectivity index (χ4v) is 4.03. The molecule has 0 unspecified atom stereocenters. The van der Waals surface area contributed by atoms with Crippen molar-refractivity contribution in [1.82, 2.24) is 9.88 Å². The molecule has 1 aromatic carbocycles. The lowest BCUT2D eigenvalue weighted by Gasteiger charge is -2.22. The zero-order valence-corrected chi connectivity index (χ0v) is 14.1. The van der Waals surface area contributed by atoms with Crippen molar-refractivity contribution in [1.29, 1.82) is 0 Å². The van der Waals surface area contributed by atoms with Gasteiger partial charge in [-0.1, -0.05) is 30.3 Å². The van der Waals surface area contributed by atoms with E-state index in [0.717, 1.165) is 37.3 Å². The molecule has 0 amide bonds. The molecule has 2 aromatic rings. The Bertz CT molecular complexity index is 699. The normalized spacial score (nSPS) is 23.5. The standard InChI is InChI=1S/C20H23N3O/c1-15(24)17-7-8-20(21-9-17)23-13-18-11-22(12-19(18)14-23)10-16-5-3-2-4-6-16/h2-9,18-19H,10-14H2,1H3/t18-,19+. The Morgan fingerprint density at radius 2 is 1.75 bits per heavy atom. The Labute approximate surface area is 143 Å². The van der Waals surface area contributed by atoms with Crippen molar-refractivity contribution in [2.75, 3.05) is 31.1 Å². The Balaban J connectivity index is 1.36. The molecule has 3 heterocycles. The number of rotatable bonds is 4. The molecule has 0 spiro atoms. The first-order chi connectivity index (χ1) is 11.7. The first kappa shape index (κ1) is 15.3. The van der Waals surface area contributed by atoms with E-state index >= 15 is 0 Å². The summed E-state index contributed by atoms with van der Waals surface area (Å²) < 4.78 is 0. The highest BCUT2D eigenvalue weighted by Gasteiger charge is 2.40. The molecular formula is C20H23N3O. The van der Waals surface area contributed by atoms with Crippen LogP contribution in [0.1, 0.15) is 22.8 Å². The topological polar surface area (TPSA) is 36.4 Å². The SMILES string of the molecule is CC(=O)c1ccc(N2C[C@H]3CN(Cc4ccccc4)C[C@H]3C2)nc1. The van der Waals surface area contributed by atoms with Crippen LogP contribution in [0.2, 0.25) is 0 Å². The van der Waals surface area contributed by atoms with E-state index in [4.69, 9.17) is 0 Å².